The van der Waals surface area contributed by atoms with E-state index in [4.69, 9.17) is 10.7 Å². The lowest BCUT2D eigenvalue weighted by Crippen LogP contribution is -1.94. The van der Waals surface area contributed by atoms with Crippen LogP contribution in [0.3, 0.4) is 0 Å². The van der Waals surface area contributed by atoms with E-state index in [1.807, 2.05) is 0 Å². The maximum Gasteiger partial charge on any atom is 0.261 e. The predicted octanol–water partition coefficient (Wildman–Crippen LogP) is 1.57. The van der Waals surface area contributed by atoms with Crippen LogP contribution in [0.15, 0.2) is 23.1 Å². The molecule has 1 rings (SSSR count). The molecule has 0 atom stereocenters. The van der Waals surface area contributed by atoms with E-state index in [-0.39, 0.29) is 5.56 Å². The lowest BCUT2D eigenvalue weighted by molar-refractivity contribution is 0.112. The van der Waals surface area contributed by atoms with Gasteiger partial charge in [-0.2, -0.15) is 0 Å². The van der Waals surface area contributed by atoms with Crippen molar-refractivity contribution in [1.82, 2.24) is 0 Å². The summed E-state index contributed by atoms with van der Waals surface area (Å²) in [7, 11) is 0.965. The Bertz CT molecular complexity index is 441. The normalized spacial score (nSPS) is 11.2. The van der Waals surface area contributed by atoms with Gasteiger partial charge in [0.25, 0.3) is 9.05 Å². The molecule has 0 bridgehead atoms. The third-order valence-corrected chi connectivity index (χ3v) is 2.64. The maximum absolute atomic E-state index is 12.7. The first-order chi connectivity index (χ1) is 5.93. The van der Waals surface area contributed by atoms with Crippen molar-refractivity contribution in [2.24, 2.45) is 0 Å². The molecule has 0 saturated carbocycles. The topological polar surface area (TPSA) is 51.2 Å². The number of rotatable bonds is 2. The summed E-state index contributed by atoms with van der Waals surface area (Å²) in [6, 6.07) is 2.66. The van der Waals surface area contributed by atoms with Crippen LogP contribution in [-0.2, 0) is 9.05 Å². The van der Waals surface area contributed by atoms with Crippen molar-refractivity contribution in [1.29, 1.82) is 0 Å². The van der Waals surface area contributed by atoms with Gasteiger partial charge in [-0.25, -0.2) is 12.8 Å². The smallest absolute Gasteiger partial charge is 0.261 e. The Labute approximate surface area is 78.6 Å². The average Bonchev–Trinajstić information content (AvgIpc) is 2.01. The Morgan fingerprint density at radius 2 is 1.92 bits per heavy atom. The Morgan fingerprint density at radius 1 is 1.31 bits per heavy atom. The molecule has 0 unspecified atom stereocenters. The molecule has 0 amide bonds. The highest BCUT2D eigenvalue weighted by Gasteiger charge is 2.12. The van der Waals surface area contributed by atoms with Crippen molar-refractivity contribution in [3.8, 4) is 0 Å². The standard InChI is InChI=1S/C7H4ClFO3S/c8-13(11,12)7-2-5(4-10)1-6(9)3-7/h1-4H. The number of carbonyl (C=O) groups is 1. The van der Waals surface area contributed by atoms with E-state index in [1.165, 1.54) is 0 Å². The molecule has 0 aliphatic heterocycles. The first-order valence-electron chi connectivity index (χ1n) is 3.14. The molecule has 0 fully saturated rings. The number of halogens is 2. The zero-order valence-electron chi connectivity index (χ0n) is 6.20. The minimum atomic E-state index is -3.98. The summed E-state index contributed by atoms with van der Waals surface area (Å²) >= 11 is 0. The molecule has 0 saturated heterocycles. The highest BCUT2D eigenvalue weighted by Crippen LogP contribution is 2.17. The monoisotopic (exact) mass is 222 g/mol. The number of carbonyl (C=O) groups excluding carboxylic acids is 1. The molecule has 70 valence electrons. The first-order valence-corrected chi connectivity index (χ1v) is 5.45. The van der Waals surface area contributed by atoms with Crippen molar-refractivity contribution < 1.29 is 17.6 Å². The second-order valence-electron chi connectivity index (χ2n) is 2.28. The summed E-state index contributed by atoms with van der Waals surface area (Å²) < 4.78 is 34.1. The van der Waals surface area contributed by atoms with Crippen molar-refractivity contribution in [3.05, 3.63) is 29.6 Å². The summed E-state index contributed by atoms with van der Waals surface area (Å²) in [6.45, 7) is 0. The number of aldehydes is 1. The fourth-order valence-electron chi connectivity index (χ4n) is 0.793. The van der Waals surface area contributed by atoms with E-state index in [1.54, 1.807) is 0 Å². The van der Waals surface area contributed by atoms with Gasteiger partial charge in [0.15, 0.2) is 0 Å². The third-order valence-electron chi connectivity index (χ3n) is 1.31. The highest BCUT2D eigenvalue weighted by atomic mass is 35.7. The summed E-state index contributed by atoms with van der Waals surface area (Å²) in [5.74, 6) is -0.816. The van der Waals surface area contributed by atoms with Crippen LogP contribution in [0.2, 0.25) is 0 Å². The third kappa shape index (κ3) is 2.50. The minimum absolute atomic E-state index is 0.0702. The fraction of sp³-hybridized carbons (Fsp3) is 0. The van der Waals surface area contributed by atoms with Crippen LogP contribution in [0.25, 0.3) is 0 Å². The van der Waals surface area contributed by atoms with Crippen LogP contribution < -0.4 is 0 Å². The van der Waals surface area contributed by atoms with Crippen molar-refractivity contribution in [2.45, 2.75) is 4.90 Å². The van der Waals surface area contributed by atoms with Gasteiger partial charge >= 0.3 is 0 Å². The molecular weight excluding hydrogens is 219 g/mol. The second-order valence-corrected chi connectivity index (χ2v) is 4.84. The van der Waals surface area contributed by atoms with Gasteiger partial charge in [0.1, 0.15) is 12.1 Å². The average molecular weight is 223 g/mol. The molecule has 0 aliphatic rings. The van der Waals surface area contributed by atoms with Crippen LogP contribution in [-0.4, -0.2) is 14.7 Å². The Kier molecular flexibility index (Phi) is 2.68. The second kappa shape index (κ2) is 3.43. The van der Waals surface area contributed by atoms with Crippen LogP contribution in [0.5, 0.6) is 0 Å². The van der Waals surface area contributed by atoms with Gasteiger partial charge in [-0.05, 0) is 18.2 Å². The van der Waals surface area contributed by atoms with Gasteiger partial charge in [-0.3, -0.25) is 4.79 Å². The van der Waals surface area contributed by atoms with E-state index < -0.39 is 19.8 Å². The van der Waals surface area contributed by atoms with Gasteiger partial charge in [0.2, 0.25) is 0 Å². The van der Waals surface area contributed by atoms with Crippen LogP contribution >= 0.6 is 10.7 Å². The maximum atomic E-state index is 12.7. The van der Waals surface area contributed by atoms with Crippen molar-refractivity contribution in [3.63, 3.8) is 0 Å². The van der Waals surface area contributed by atoms with Gasteiger partial charge < -0.3 is 0 Å². The SMILES string of the molecule is O=Cc1cc(F)cc(S(=O)(=O)Cl)c1. The van der Waals surface area contributed by atoms with Gasteiger partial charge in [-0.15, -0.1) is 0 Å². The minimum Gasteiger partial charge on any atom is -0.298 e. The van der Waals surface area contributed by atoms with E-state index in [2.05, 4.69) is 0 Å². The zero-order valence-corrected chi connectivity index (χ0v) is 7.77. The van der Waals surface area contributed by atoms with Crippen LogP contribution in [0.4, 0.5) is 4.39 Å². The van der Waals surface area contributed by atoms with E-state index in [9.17, 15) is 17.6 Å². The molecule has 0 N–H and O–H groups in total. The van der Waals surface area contributed by atoms with Crippen molar-refractivity contribution >= 4 is 26.0 Å². The molecule has 0 aromatic heterocycles. The Balaban J connectivity index is 3.41. The lowest BCUT2D eigenvalue weighted by Gasteiger charge is -1.97. The van der Waals surface area contributed by atoms with E-state index in [0.717, 1.165) is 18.2 Å². The summed E-state index contributed by atoms with van der Waals surface area (Å²) in [6.07, 6.45) is 0.342. The van der Waals surface area contributed by atoms with Crippen LogP contribution in [0.1, 0.15) is 10.4 Å². The van der Waals surface area contributed by atoms with Crippen molar-refractivity contribution in [2.75, 3.05) is 0 Å². The Hall–Kier alpha value is -0.940. The Morgan fingerprint density at radius 3 is 2.38 bits per heavy atom. The molecule has 6 heteroatoms. The summed E-state index contributed by atoms with van der Waals surface area (Å²) in [5, 5.41) is 0. The van der Waals surface area contributed by atoms with Gasteiger partial charge in [0.05, 0.1) is 4.90 Å². The molecule has 0 aliphatic carbocycles. The molecule has 0 spiro atoms. The van der Waals surface area contributed by atoms with Crippen LogP contribution in [0, 0.1) is 5.82 Å². The predicted molar refractivity (Wildman–Crippen MR) is 44.8 cm³/mol. The molecular formula is C7H4ClFO3S. The summed E-state index contributed by atoms with van der Waals surface area (Å²) in [4.78, 5) is 9.81. The summed E-state index contributed by atoms with van der Waals surface area (Å²) in [5.41, 5.74) is -0.0702. The molecule has 0 heterocycles. The van der Waals surface area contributed by atoms with E-state index >= 15 is 0 Å². The molecule has 13 heavy (non-hydrogen) atoms. The number of hydrogen-bond acceptors (Lipinski definition) is 3. The molecule has 3 nitrogen and oxygen atoms in total. The highest BCUT2D eigenvalue weighted by molar-refractivity contribution is 8.13. The molecule has 1 aromatic rings. The fourth-order valence-corrected chi connectivity index (χ4v) is 1.59. The van der Waals surface area contributed by atoms with Gasteiger partial charge in [0, 0.05) is 16.2 Å². The molecule has 1 aromatic carbocycles. The van der Waals surface area contributed by atoms with Gasteiger partial charge in [-0.1, -0.05) is 0 Å². The number of benzene rings is 1. The lowest BCUT2D eigenvalue weighted by atomic mass is 10.2. The van der Waals surface area contributed by atoms with E-state index in [0.29, 0.717) is 6.29 Å². The molecule has 0 radical (unpaired) electrons. The zero-order chi connectivity index (χ0) is 10.1. The first kappa shape index (κ1) is 10.1. The quantitative estimate of drug-likeness (QED) is 0.564. The number of hydrogen-bond donors (Lipinski definition) is 0. The largest absolute Gasteiger partial charge is 0.298 e.